The van der Waals surface area contributed by atoms with E-state index in [1.807, 2.05) is 6.08 Å². The van der Waals surface area contributed by atoms with Gasteiger partial charge in [0.15, 0.2) is 17.2 Å². The van der Waals surface area contributed by atoms with E-state index in [0.29, 0.717) is 36.5 Å². The van der Waals surface area contributed by atoms with Crippen molar-refractivity contribution in [2.45, 2.75) is 85.2 Å². The van der Waals surface area contributed by atoms with Crippen LogP contribution >= 0.6 is 0 Å². The van der Waals surface area contributed by atoms with Gasteiger partial charge in [-0.2, -0.15) is 0 Å². The van der Waals surface area contributed by atoms with E-state index in [4.69, 9.17) is 4.74 Å². The molecule has 0 saturated heterocycles. The van der Waals surface area contributed by atoms with Gasteiger partial charge in [-0.3, -0.25) is 14.4 Å². The van der Waals surface area contributed by atoms with E-state index in [1.54, 1.807) is 6.92 Å². The molecular weight excluding hydrogens is 352 g/mol. The third-order valence-corrected chi connectivity index (χ3v) is 9.29. The molecule has 0 aliphatic heterocycles. The topological polar surface area (TPSA) is 60.4 Å². The molecule has 0 aromatic rings. The van der Waals surface area contributed by atoms with Crippen LogP contribution in [0.1, 0.15) is 79.6 Å². The van der Waals surface area contributed by atoms with Crippen LogP contribution in [0.2, 0.25) is 0 Å². The molecule has 4 rings (SSSR count). The summed E-state index contributed by atoms with van der Waals surface area (Å²) in [6, 6.07) is 0. The Labute approximate surface area is 168 Å². The fraction of sp³-hybridized carbons (Fsp3) is 0.792. The van der Waals surface area contributed by atoms with E-state index in [9.17, 15) is 14.4 Å². The maximum atomic E-state index is 12.8. The van der Waals surface area contributed by atoms with Crippen LogP contribution in [-0.2, 0) is 19.1 Å². The molecule has 7 atom stereocenters. The zero-order chi connectivity index (χ0) is 20.5. The molecule has 0 spiro atoms. The molecule has 0 aromatic heterocycles. The molecule has 0 bridgehead atoms. The van der Waals surface area contributed by atoms with Crippen LogP contribution in [0.5, 0.6) is 0 Å². The van der Waals surface area contributed by atoms with Crippen LogP contribution in [-0.4, -0.2) is 23.1 Å². The van der Waals surface area contributed by atoms with Crippen LogP contribution in [0.4, 0.5) is 0 Å². The van der Waals surface area contributed by atoms with Gasteiger partial charge in [-0.05, 0) is 80.6 Å². The summed E-state index contributed by atoms with van der Waals surface area (Å²) >= 11 is 0. The van der Waals surface area contributed by atoms with E-state index in [2.05, 4.69) is 20.8 Å². The second-order valence-corrected chi connectivity index (χ2v) is 10.5. The molecule has 4 aliphatic rings. The predicted octanol–water partition coefficient (Wildman–Crippen LogP) is 4.66. The molecule has 4 nitrogen and oxygen atoms in total. The third-order valence-electron chi connectivity index (χ3n) is 9.29. The quantitative estimate of drug-likeness (QED) is 0.648. The number of fused-ring (bicyclic) bond motifs is 5. The number of Topliss-reactive ketones (excluding diaryl/α,β-unsaturated/α-hetero) is 1. The van der Waals surface area contributed by atoms with Crippen molar-refractivity contribution in [1.82, 2.24) is 0 Å². The van der Waals surface area contributed by atoms with Crippen molar-refractivity contribution < 1.29 is 19.1 Å². The Bertz CT molecular complexity index is 767. The van der Waals surface area contributed by atoms with Crippen LogP contribution in [0, 0.1) is 34.5 Å². The fourth-order valence-electron chi connectivity index (χ4n) is 8.05. The van der Waals surface area contributed by atoms with Crippen molar-refractivity contribution in [3.8, 4) is 0 Å². The number of hydrogen-bond donors (Lipinski definition) is 0. The zero-order valence-corrected chi connectivity index (χ0v) is 18.0. The van der Waals surface area contributed by atoms with Crippen molar-refractivity contribution in [3.05, 3.63) is 11.6 Å². The minimum absolute atomic E-state index is 0.00469. The van der Waals surface area contributed by atoms with Crippen LogP contribution in [0.25, 0.3) is 0 Å². The molecule has 0 radical (unpaired) electrons. The van der Waals surface area contributed by atoms with E-state index in [0.717, 1.165) is 32.1 Å². The van der Waals surface area contributed by atoms with Crippen molar-refractivity contribution in [2.75, 3.05) is 0 Å². The molecule has 0 N–H and O–H groups in total. The minimum atomic E-state index is -0.961. The number of allylic oxidation sites excluding steroid dienone is 1. The molecule has 0 unspecified atom stereocenters. The standard InChI is InChI=1S/C24H34O4/c1-14-12-18-19(22(4)9-6-17(27)13-21(14)22)7-10-23(5)20(18)8-11-24(23,15(2)25)28-16(3)26/h13-14,18-20H,6-12H2,1-5H3/t14-,18-,19+,20+,22+,23-,24+/m0/s1. The second-order valence-electron chi connectivity index (χ2n) is 10.5. The average Bonchev–Trinajstić information content (AvgIpc) is 2.90. The van der Waals surface area contributed by atoms with Gasteiger partial charge < -0.3 is 4.74 Å². The van der Waals surface area contributed by atoms with Gasteiger partial charge in [0, 0.05) is 18.8 Å². The summed E-state index contributed by atoms with van der Waals surface area (Å²) in [5.74, 6) is 1.82. The average molecular weight is 387 g/mol. The maximum Gasteiger partial charge on any atom is 0.303 e. The van der Waals surface area contributed by atoms with Gasteiger partial charge in [0.1, 0.15) is 0 Å². The second kappa shape index (κ2) is 6.27. The first-order valence-electron chi connectivity index (χ1n) is 11.0. The smallest absolute Gasteiger partial charge is 0.303 e. The highest BCUT2D eigenvalue weighted by Crippen LogP contribution is 2.69. The van der Waals surface area contributed by atoms with Gasteiger partial charge in [-0.1, -0.05) is 26.3 Å². The molecule has 0 heterocycles. The molecule has 154 valence electrons. The van der Waals surface area contributed by atoms with Gasteiger partial charge >= 0.3 is 5.97 Å². The summed E-state index contributed by atoms with van der Waals surface area (Å²) in [5, 5.41) is 0. The van der Waals surface area contributed by atoms with Gasteiger partial charge in [0.2, 0.25) is 0 Å². The van der Waals surface area contributed by atoms with E-state index >= 15 is 0 Å². The summed E-state index contributed by atoms with van der Waals surface area (Å²) in [5.41, 5.74) is 0.218. The van der Waals surface area contributed by atoms with Crippen molar-refractivity contribution in [1.29, 1.82) is 0 Å². The van der Waals surface area contributed by atoms with E-state index in [-0.39, 0.29) is 28.4 Å². The van der Waals surface area contributed by atoms with Crippen molar-refractivity contribution >= 4 is 17.5 Å². The summed E-state index contributed by atoms with van der Waals surface area (Å²) < 4.78 is 5.84. The highest BCUT2D eigenvalue weighted by molar-refractivity contribution is 5.92. The molecule has 0 aromatic carbocycles. The fourth-order valence-corrected chi connectivity index (χ4v) is 8.05. The van der Waals surface area contributed by atoms with Crippen molar-refractivity contribution in [3.63, 3.8) is 0 Å². The molecule has 4 aliphatic carbocycles. The maximum absolute atomic E-state index is 12.8. The number of hydrogen-bond acceptors (Lipinski definition) is 4. The van der Waals surface area contributed by atoms with E-state index < -0.39 is 5.60 Å². The number of ketones is 2. The number of esters is 1. The van der Waals surface area contributed by atoms with Crippen LogP contribution < -0.4 is 0 Å². The molecule has 0 amide bonds. The SMILES string of the molecule is CC(=O)O[C@@]1(C(C)=O)CC[C@@H]2[C@H]3C[C@H](C)C4=CC(=O)CC[C@]4(C)[C@@H]3CC[C@@]21C. The highest BCUT2D eigenvalue weighted by atomic mass is 16.6. The minimum Gasteiger partial charge on any atom is -0.451 e. The van der Waals surface area contributed by atoms with Gasteiger partial charge in [0.05, 0.1) is 0 Å². The van der Waals surface area contributed by atoms with Crippen molar-refractivity contribution in [2.24, 2.45) is 34.5 Å². The third kappa shape index (κ3) is 2.45. The normalized spacial score (nSPS) is 47.5. The monoisotopic (exact) mass is 386 g/mol. The Morgan fingerprint density at radius 3 is 2.39 bits per heavy atom. The molecule has 3 fully saturated rings. The van der Waals surface area contributed by atoms with Gasteiger partial charge in [-0.15, -0.1) is 0 Å². The molecule has 4 heteroatoms. The first kappa shape index (κ1) is 19.8. The summed E-state index contributed by atoms with van der Waals surface area (Å²) in [6.45, 7) is 9.87. The summed E-state index contributed by atoms with van der Waals surface area (Å²) in [4.78, 5) is 36.8. The number of carbonyl (C=O) groups excluding carboxylic acids is 3. The van der Waals surface area contributed by atoms with Gasteiger partial charge in [0.25, 0.3) is 0 Å². The highest BCUT2D eigenvalue weighted by Gasteiger charge is 2.68. The van der Waals surface area contributed by atoms with Crippen LogP contribution in [0.3, 0.4) is 0 Å². The lowest BCUT2D eigenvalue weighted by atomic mass is 9.44. The Hall–Kier alpha value is -1.45. The number of ether oxygens (including phenoxy) is 1. The Morgan fingerprint density at radius 2 is 1.75 bits per heavy atom. The largest absolute Gasteiger partial charge is 0.451 e. The Morgan fingerprint density at radius 1 is 1.07 bits per heavy atom. The first-order chi connectivity index (χ1) is 13.0. The Balaban J connectivity index is 1.73. The lowest BCUT2D eigenvalue weighted by Gasteiger charge is -2.60. The number of carbonyl (C=O) groups is 3. The zero-order valence-electron chi connectivity index (χ0n) is 18.0. The summed E-state index contributed by atoms with van der Waals surface area (Å²) in [6.07, 6.45) is 8.19. The molecular formula is C24H34O4. The lowest BCUT2D eigenvalue weighted by Crippen LogP contribution is -2.59. The summed E-state index contributed by atoms with van der Waals surface area (Å²) in [7, 11) is 0. The molecule has 3 saturated carbocycles. The first-order valence-corrected chi connectivity index (χ1v) is 11.0. The predicted molar refractivity (Wildman–Crippen MR) is 106 cm³/mol. The lowest BCUT2D eigenvalue weighted by molar-refractivity contribution is -0.187. The van der Waals surface area contributed by atoms with Crippen LogP contribution in [0.15, 0.2) is 11.6 Å². The Kier molecular flexibility index (Phi) is 4.45. The van der Waals surface area contributed by atoms with E-state index in [1.165, 1.54) is 12.5 Å². The molecule has 28 heavy (non-hydrogen) atoms. The van der Waals surface area contributed by atoms with Gasteiger partial charge in [-0.25, -0.2) is 0 Å². The number of rotatable bonds is 2.